The summed E-state index contributed by atoms with van der Waals surface area (Å²) in [5.41, 5.74) is 3.62. The van der Waals surface area contributed by atoms with Crippen LogP contribution in [0.15, 0.2) is 36.4 Å². The van der Waals surface area contributed by atoms with E-state index >= 15 is 0 Å². The zero-order chi connectivity index (χ0) is 21.4. The second-order valence-corrected chi connectivity index (χ2v) is 8.42. The predicted octanol–water partition coefficient (Wildman–Crippen LogP) is 4.27. The van der Waals surface area contributed by atoms with Gasteiger partial charge in [-0.2, -0.15) is 4.98 Å². The zero-order valence-corrected chi connectivity index (χ0v) is 17.8. The Kier molecular flexibility index (Phi) is 5.37. The van der Waals surface area contributed by atoms with Crippen molar-refractivity contribution in [2.75, 3.05) is 37.7 Å². The summed E-state index contributed by atoms with van der Waals surface area (Å²) in [6, 6.07) is 12.0. The average molecular weight is 442 g/mol. The first-order valence-corrected chi connectivity index (χ1v) is 11.0. The number of anilines is 1. The van der Waals surface area contributed by atoms with Gasteiger partial charge in [-0.15, -0.1) is 11.3 Å². The van der Waals surface area contributed by atoms with Gasteiger partial charge in [-0.05, 0) is 18.6 Å². The first kappa shape index (κ1) is 20.0. The number of ether oxygens (including phenoxy) is 1. The van der Waals surface area contributed by atoms with Gasteiger partial charge in [0.2, 0.25) is 11.8 Å². The highest BCUT2D eigenvalue weighted by Gasteiger charge is 2.22. The largest absolute Gasteiger partial charge is 0.470 e. The van der Waals surface area contributed by atoms with E-state index in [4.69, 9.17) is 14.7 Å². The number of fused-ring (bicyclic) bond motifs is 3. The van der Waals surface area contributed by atoms with Crippen molar-refractivity contribution in [2.45, 2.75) is 13.3 Å². The number of piperazine rings is 1. The van der Waals surface area contributed by atoms with Crippen molar-refractivity contribution in [3.8, 4) is 17.1 Å². The minimum absolute atomic E-state index is 0.197. The predicted molar refractivity (Wildman–Crippen MR) is 119 cm³/mol. The quantitative estimate of drug-likeness (QED) is 0.499. The van der Waals surface area contributed by atoms with E-state index in [1.807, 2.05) is 43.3 Å². The highest BCUT2D eigenvalue weighted by molar-refractivity contribution is 7.25. The van der Waals surface area contributed by atoms with Crippen LogP contribution < -0.4 is 15.0 Å². The normalized spacial score (nSPS) is 14.6. The molecule has 31 heavy (non-hydrogen) atoms. The minimum Gasteiger partial charge on any atom is -0.470 e. The van der Waals surface area contributed by atoms with E-state index in [-0.39, 0.29) is 5.88 Å². The summed E-state index contributed by atoms with van der Waals surface area (Å²) in [5.74, 6) is 0.701. The van der Waals surface area contributed by atoms with Crippen LogP contribution in [-0.2, 0) is 0 Å². The molecule has 4 heterocycles. The number of benzene rings is 1. The van der Waals surface area contributed by atoms with Gasteiger partial charge in [0.25, 0.3) is 6.43 Å². The maximum absolute atomic E-state index is 12.9. The second-order valence-electron chi connectivity index (χ2n) is 7.42. The van der Waals surface area contributed by atoms with Gasteiger partial charge in [0.05, 0.1) is 5.69 Å². The van der Waals surface area contributed by atoms with Crippen LogP contribution in [0.2, 0.25) is 0 Å². The molecular weight excluding hydrogens is 420 g/mol. The van der Waals surface area contributed by atoms with E-state index in [1.54, 1.807) is 0 Å². The van der Waals surface area contributed by atoms with Gasteiger partial charge < -0.3 is 15.0 Å². The fourth-order valence-electron chi connectivity index (χ4n) is 3.78. The van der Waals surface area contributed by atoms with Crippen LogP contribution >= 0.6 is 11.3 Å². The molecule has 5 rings (SSSR count). The molecule has 1 saturated heterocycles. The molecule has 6 nitrogen and oxygen atoms in total. The number of aryl methyl sites for hydroxylation is 1. The highest BCUT2D eigenvalue weighted by Crippen LogP contribution is 2.40. The number of thiophene rings is 1. The summed E-state index contributed by atoms with van der Waals surface area (Å²) in [6.07, 6.45) is -2.58. The Morgan fingerprint density at radius 3 is 2.65 bits per heavy atom. The lowest BCUT2D eigenvalue weighted by molar-refractivity contribution is 0.0805. The molecule has 0 radical (unpaired) electrons. The molecule has 0 amide bonds. The van der Waals surface area contributed by atoms with Crippen LogP contribution in [0.1, 0.15) is 5.56 Å². The van der Waals surface area contributed by atoms with Crippen molar-refractivity contribution in [2.24, 2.45) is 0 Å². The molecular formula is C22H21F2N5OS. The maximum Gasteiger partial charge on any atom is 0.272 e. The summed E-state index contributed by atoms with van der Waals surface area (Å²) >= 11 is 1.38. The van der Waals surface area contributed by atoms with E-state index in [1.165, 1.54) is 11.3 Å². The second kappa shape index (κ2) is 8.32. The minimum atomic E-state index is -2.58. The van der Waals surface area contributed by atoms with E-state index in [2.05, 4.69) is 15.2 Å². The van der Waals surface area contributed by atoms with Gasteiger partial charge in [-0.1, -0.05) is 30.3 Å². The molecule has 9 heteroatoms. The number of alkyl halides is 2. The molecule has 0 atom stereocenters. The van der Waals surface area contributed by atoms with Crippen molar-refractivity contribution < 1.29 is 13.5 Å². The fraction of sp³-hybridized carbons (Fsp3) is 0.318. The Bertz CT molecular complexity index is 1230. The van der Waals surface area contributed by atoms with E-state index in [0.29, 0.717) is 16.2 Å². The van der Waals surface area contributed by atoms with Gasteiger partial charge in [0, 0.05) is 37.1 Å². The van der Waals surface area contributed by atoms with Crippen LogP contribution in [0.5, 0.6) is 5.88 Å². The third-order valence-corrected chi connectivity index (χ3v) is 6.32. The Morgan fingerprint density at radius 1 is 1.13 bits per heavy atom. The Morgan fingerprint density at radius 2 is 1.90 bits per heavy atom. The summed E-state index contributed by atoms with van der Waals surface area (Å²) in [7, 11) is 0. The lowest BCUT2D eigenvalue weighted by Gasteiger charge is -2.27. The number of aromatic nitrogens is 3. The number of nitrogens with one attached hydrogen (secondary N) is 1. The molecule has 0 saturated carbocycles. The number of nitrogens with zero attached hydrogens (tertiary/aromatic N) is 4. The maximum atomic E-state index is 12.9. The standard InChI is InChI=1S/C22H21F2N5OS/c1-13-11-15(14-5-3-2-4-6-14)26-21-17(13)18-19(31-21)20(30-12-16(23)24)28-22(27-18)29-9-7-25-8-10-29/h2-6,11,16,25H,7-10,12H2,1H3. The summed E-state index contributed by atoms with van der Waals surface area (Å²) < 4.78 is 31.9. The smallest absolute Gasteiger partial charge is 0.272 e. The molecule has 1 aromatic carbocycles. The number of halogens is 2. The Hall–Kier alpha value is -2.91. The van der Waals surface area contributed by atoms with Crippen molar-refractivity contribution in [3.05, 3.63) is 42.0 Å². The summed E-state index contributed by atoms with van der Waals surface area (Å²) in [5, 5.41) is 4.21. The molecule has 3 aromatic heterocycles. The molecule has 0 aliphatic carbocycles. The fourth-order valence-corrected chi connectivity index (χ4v) is 4.92. The summed E-state index contributed by atoms with van der Waals surface area (Å²) in [6.45, 7) is 4.45. The van der Waals surface area contributed by atoms with Crippen LogP contribution in [-0.4, -0.2) is 54.2 Å². The van der Waals surface area contributed by atoms with Crippen molar-refractivity contribution >= 4 is 37.7 Å². The first-order valence-electron chi connectivity index (χ1n) is 10.1. The van der Waals surface area contributed by atoms with Gasteiger partial charge in [0.15, 0.2) is 6.61 Å². The van der Waals surface area contributed by atoms with Crippen LogP contribution in [0.25, 0.3) is 31.7 Å². The highest BCUT2D eigenvalue weighted by atomic mass is 32.1. The van der Waals surface area contributed by atoms with Gasteiger partial charge in [-0.3, -0.25) is 0 Å². The third-order valence-electron chi connectivity index (χ3n) is 5.26. The Balaban J connectivity index is 1.69. The SMILES string of the molecule is Cc1cc(-c2ccccc2)nc2sc3c(OCC(F)F)nc(N4CCNCC4)nc3c12. The molecule has 160 valence electrons. The molecule has 0 spiro atoms. The average Bonchev–Trinajstić information content (AvgIpc) is 3.17. The molecule has 1 fully saturated rings. The van der Waals surface area contributed by atoms with Crippen LogP contribution in [0.3, 0.4) is 0 Å². The van der Waals surface area contributed by atoms with E-state index < -0.39 is 13.0 Å². The first-order chi connectivity index (χ1) is 15.1. The number of rotatable bonds is 5. The van der Waals surface area contributed by atoms with Gasteiger partial charge in [0.1, 0.15) is 15.0 Å². The van der Waals surface area contributed by atoms with E-state index in [0.717, 1.165) is 53.2 Å². The molecule has 0 bridgehead atoms. The topological polar surface area (TPSA) is 63.2 Å². The molecule has 1 aliphatic heterocycles. The lowest BCUT2D eigenvalue weighted by atomic mass is 10.1. The molecule has 1 aliphatic rings. The number of hydrogen-bond donors (Lipinski definition) is 1. The van der Waals surface area contributed by atoms with Crippen molar-refractivity contribution in [1.82, 2.24) is 20.3 Å². The van der Waals surface area contributed by atoms with Crippen LogP contribution in [0, 0.1) is 6.92 Å². The molecule has 4 aromatic rings. The van der Waals surface area contributed by atoms with Crippen molar-refractivity contribution in [1.29, 1.82) is 0 Å². The molecule has 0 unspecified atom stereocenters. The molecule has 1 N–H and O–H groups in total. The van der Waals surface area contributed by atoms with Crippen LogP contribution in [0.4, 0.5) is 14.7 Å². The summed E-state index contributed by atoms with van der Waals surface area (Å²) in [4.78, 5) is 17.0. The van der Waals surface area contributed by atoms with E-state index in [9.17, 15) is 8.78 Å². The number of hydrogen-bond acceptors (Lipinski definition) is 7. The van der Waals surface area contributed by atoms with Crippen molar-refractivity contribution in [3.63, 3.8) is 0 Å². The third kappa shape index (κ3) is 3.90. The van der Waals surface area contributed by atoms with Gasteiger partial charge >= 0.3 is 0 Å². The lowest BCUT2D eigenvalue weighted by Crippen LogP contribution is -2.44. The van der Waals surface area contributed by atoms with Gasteiger partial charge in [-0.25, -0.2) is 18.7 Å². The Labute approximate surface area is 181 Å². The zero-order valence-electron chi connectivity index (χ0n) is 16.9. The number of pyridine rings is 1. The monoisotopic (exact) mass is 441 g/mol.